The molecule has 0 amide bonds. The summed E-state index contributed by atoms with van der Waals surface area (Å²) in [5, 5.41) is 28.6. The molecular formula is C20H35NO6. The molecule has 0 aliphatic rings. The number of aliphatic carboxylic acids is 3. The van der Waals surface area contributed by atoms with E-state index < -0.39 is 17.9 Å². The lowest BCUT2D eigenvalue weighted by molar-refractivity contribution is -0.923. The first-order valence-electron chi connectivity index (χ1n) is 9.95. The predicted molar refractivity (Wildman–Crippen MR) is 101 cm³/mol. The van der Waals surface area contributed by atoms with Crippen LogP contribution in [0, 0.1) is 0 Å². The number of quaternary nitrogens is 1. The van der Waals surface area contributed by atoms with Gasteiger partial charge in [0.05, 0.1) is 39.0 Å². The maximum absolute atomic E-state index is 10.9. The van der Waals surface area contributed by atoms with Crippen molar-refractivity contribution in [2.24, 2.45) is 0 Å². The number of carboxylic acid groups (broad SMARTS) is 3. The molecule has 0 spiro atoms. The zero-order valence-electron chi connectivity index (χ0n) is 16.5. The summed E-state index contributed by atoms with van der Waals surface area (Å²) in [6.45, 7) is 4.58. The Balaban J connectivity index is 4.98. The van der Waals surface area contributed by atoms with Crippen molar-refractivity contribution in [3.63, 3.8) is 0 Å². The molecule has 0 fully saturated rings. The minimum absolute atomic E-state index is 0.0436. The number of carboxylic acids is 3. The fourth-order valence-electron chi connectivity index (χ4n) is 3.23. The summed E-state index contributed by atoms with van der Waals surface area (Å²) < 4.78 is 0.526. The van der Waals surface area contributed by atoms with Gasteiger partial charge in [-0.05, 0) is 25.3 Å². The van der Waals surface area contributed by atoms with Crippen molar-refractivity contribution >= 4 is 17.9 Å². The first-order chi connectivity index (χ1) is 12.8. The highest BCUT2D eigenvalue weighted by Gasteiger charge is 2.26. The molecule has 0 heterocycles. The van der Waals surface area contributed by atoms with Crippen LogP contribution >= 0.6 is 0 Å². The van der Waals surface area contributed by atoms with Crippen molar-refractivity contribution in [1.29, 1.82) is 0 Å². The lowest BCUT2D eigenvalue weighted by atomic mass is 10.1. The third-order valence-electron chi connectivity index (χ3n) is 4.69. The van der Waals surface area contributed by atoms with Crippen molar-refractivity contribution in [2.45, 2.75) is 71.1 Å². The molecule has 0 aromatic heterocycles. The van der Waals surface area contributed by atoms with Gasteiger partial charge >= 0.3 is 11.9 Å². The largest absolute Gasteiger partial charge is 0.550 e. The molecule has 0 unspecified atom stereocenters. The molecule has 0 aliphatic heterocycles. The number of nitrogens with zero attached hydrogens (tertiary/aromatic N) is 1. The number of hydrogen-bond acceptors (Lipinski definition) is 4. The van der Waals surface area contributed by atoms with E-state index in [1.165, 1.54) is 6.42 Å². The highest BCUT2D eigenvalue weighted by molar-refractivity contribution is 5.66. The van der Waals surface area contributed by atoms with Gasteiger partial charge in [-0.15, -0.1) is 0 Å². The highest BCUT2D eigenvalue weighted by Crippen LogP contribution is 2.16. The SMILES string of the molecule is CCCCC/C=C/C[N+](CCCC(=O)[O-])(CCCC(=O)O)CCCC(=O)O. The Morgan fingerprint density at radius 2 is 1.33 bits per heavy atom. The van der Waals surface area contributed by atoms with Gasteiger partial charge in [-0.3, -0.25) is 9.59 Å². The van der Waals surface area contributed by atoms with Crippen LogP contribution in [0.4, 0.5) is 0 Å². The molecule has 0 aromatic rings. The molecule has 2 N–H and O–H groups in total. The van der Waals surface area contributed by atoms with Crippen LogP contribution in [0.5, 0.6) is 0 Å². The summed E-state index contributed by atoms with van der Waals surface area (Å²) in [5.41, 5.74) is 0. The standard InChI is InChI=1S/C20H35NO6/c1-2-3-4-5-6-7-14-21(15-8-11-18(22)23,16-9-12-19(24)25)17-10-13-20(26)27/h6-7H,2-5,8-17H2,1H3,(H2-,22,23,24,25,26,27)/b7-6+. The molecule has 0 atom stereocenters. The second-order valence-corrected chi connectivity index (χ2v) is 7.13. The van der Waals surface area contributed by atoms with Crippen LogP contribution in [0.15, 0.2) is 12.2 Å². The molecule has 0 radical (unpaired) electrons. The van der Waals surface area contributed by atoms with E-state index in [2.05, 4.69) is 19.1 Å². The molecule has 7 heteroatoms. The van der Waals surface area contributed by atoms with Crippen molar-refractivity contribution in [2.75, 3.05) is 26.2 Å². The van der Waals surface area contributed by atoms with Gasteiger partial charge in [0.25, 0.3) is 0 Å². The van der Waals surface area contributed by atoms with E-state index in [4.69, 9.17) is 10.2 Å². The molecule has 27 heavy (non-hydrogen) atoms. The molecule has 0 saturated carbocycles. The average molecular weight is 386 g/mol. The fraction of sp³-hybridized carbons (Fsp3) is 0.750. The van der Waals surface area contributed by atoms with Gasteiger partial charge in [0.1, 0.15) is 0 Å². The van der Waals surface area contributed by atoms with Crippen LogP contribution < -0.4 is 5.11 Å². The number of hydrogen-bond donors (Lipinski definition) is 2. The Labute approximate surface area is 162 Å². The molecule has 156 valence electrons. The van der Waals surface area contributed by atoms with Gasteiger partial charge in [0, 0.05) is 25.2 Å². The monoisotopic (exact) mass is 385 g/mol. The van der Waals surface area contributed by atoms with E-state index in [1.54, 1.807) is 0 Å². The Morgan fingerprint density at radius 3 is 1.78 bits per heavy atom. The van der Waals surface area contributed by atoms with Crippen molar-refractivity contribution in [1.82, 2.24) is 0 Å². The number of allylic oxidation sites excluding steroid dienone is 1. The molecule has 0 aromatic carbocycles. The van der Waals surface area contributed by atoms with E-state index in [9.17, 15) is 19.5 Å². The van der Waals surface area contributed by atoms with Crippen LogP contribution in [0.1, 0.15) is 71.1 Å². The van der Waals surface area contributed by atoms with Crippen LogP contribution in [0.25, 0.3) is 0 Å². The highest BCUT2D eigenvalue weighted by atomic mass is 16.4. The van der Waals surface area contributed by atoms with Crippen LogP contribution in [0.3, 0.4) is 0 Å². The third kappa shape index (κ3) is 14.9. The van der Waals surface area contributed by atoms with Crippen molar-refractivity contribution in [3.8, 4) is 0 Å². The topological polar surface area (TPSA) is 115 Å². The van der Waals surface area contributed by atoms with E-state index in [1.807, 2.05) is 0 Å². The second-order valence-electron chi connectivity index (χ2n) is 7.13. The maximum atomic E-state index is 10.9. The van der Waals surface area contributed by atoms with E-state index in [-0.39, 0.29) is 19.3 Å². The average Bonchev–Trinajstić information content (AvgIpc) is 2.57. The Kier molecular flexibility index (Phi) is 14.1. The summed E-state index contributed by atoms with van der Waals surface area (Å²) in [6, 6.07) is 0. The van der Waals surface area contributed by atoms with Crippen LogP contribution in [0.2, 0.25) is 0 Å². The minimum Gasteiger partial charge on any atom is -0.550 e. The Bertz CT molecular complexity index is 425. The number of carbonyl (C=O) groups excluding carboxylic acids is 1. The van der Waals surface area contributed by atoms with Gasteiger partial charge < -0.3 is 24.6 Å². The van der Waals surface area contributed by atoms with Crippen LogP contribution in [-0.4, -0.2) is 58.8 Å². The molecule has 0 bridgehead atoms. The predicted octanol–water partition coefficient (Wildman–Crippen LogP) is 2.20. The van der Waals surface area contributed by atoms with E-state index in [0.29, 0.717) is 49.9 Å². The zero-order valence-corrected chi connectivity index (χ0v) is 16.5. The molecule has 0 aliphatic carbocycles. The second kappa shape index (κ2) is 15.2. The Hall–Kier alpha value is -1.89. The lowest BCUT2D eigenvalue weighted by Crippen LogP contribution is -2.50. The molecule has 7 nitrogen and oxygen atoms in total. The number of rotatable bonds is 18. The van der Waals surface area contributed by atoms with E-state index >= 15 is 0 Å². The van der Waals surface area contributed by atoms with Crippen molar-refractivity contribution in [3.05, 3.63) is 12.2 Å². The molecular weight excluding hydrogens is 350 g/mol. The summed E-state index contributed by atoms with van der Waals surface area (Å²) in [7, 11) is 0. The maximum Gasteiger partial charge on any atom is 0.303 e. The molecule has 0 rings (SSSR count). The van der Waals surface area contributed by atoms with Gasteiger partial charge in [0.2, 0.25) is 0 Å². The number of unbranched alkanes of at least 4 members (excludes halogenated alkanes) is 3. The minimum atomic E-state index is -1.10. The third-order valence-corrected chi connectivity index (χ3v) is 4.69. The quantitative estimate of drug-likeness (QED) is 0.212. The first-order valence-corrected chi connectivity index (χ1v) is 9.95. The number of carbonyl (C=O) groups is 3. The van der Waals surface area contributed by atoms with Gasteiger partial charge in [-0.1, -0.05) is 25.8 Å². The zero-order chi connectivity index (χ0) is 20.5. The molecule has 0 saturated heterocycles. The summed E-state index contributed by atoms with van der Waals surface area (Å²) >= 11 is 0. The fourth-order valence-corrected chi connectivity index (χ4v) is 3.23. The first kappa shape index (κ1) is 25.1. The van der Waals surface area contributed by atoms with Crippen molar-refractivity contribution < 1.29 is 34.2 Å². The van der Waals surface area contributed by atoms with Gasteiger partial charge in [-0.25, -0.2) is 0 Å². The summed E-state index contributed by atoms with van der Waals surface area (Å²) in [6.07, 6.45) is 10.1. The van der Waals surface area contributed by atoms with Crippen LogP contribution in [-0.2, 0) is 14.4 Å². The summed E-state index contributed by atoms with van der Waals surface area (Å²) in [5.74, 6) is -2.81. The Morgan fingerprint density at radius 1 is 0.815 bits per heavy atom. The van der Waals surface area contributed by atoms with E-state index in [0.717, 1.165) is 19.3 Å². The van der Waals surface area contributed by atoms with Gasteiger partial charge in [-0.2, -0.15) is 0 Å². The summed E-state index contributed by atoms with van der Waals surface area (Å²) in [4.78, 5) is 32.5. The lowest BCUT2D eigenvalue weighted by Gasteiger charge is -2.38. The smallest absolute Gasteiger partial charge is 0.303 e. The van der Waals surface area contributed by atoms with Gasteiger partial charge in [0.15, 0.2) is 0 Å². The normalized spacial score (nSPS) is 11.7.